The molecule has 0 N–H and O–H groups in total. The molecule has 2 fully saturated rings. The van der Waals surface area contributed by atoms with Gasteiger partial charge in [-0.05, 0) is 38.5 Å². The van der Waals surface area contributed by atoms with Gasteiger partial charge in [-0.2, -0.15) is 0 Å². The lowest BCUT2D eigenvalue weighted by Gasteiger charge is -2.33. The molecule has 3 heterocycles. The van der Waals surface area contributed by atoms with Gasteiger partial charge in [0.1, 0.15) is 12.1 Å². The second-order valence-electron chi connectivity index (χ2n) is 7.39. The van der Waals surface area contributed by atoms with E-state index >= 15 is 0 Å². The van der Waals surface area contributed by atoms with Crippen molar-refractivity contribution in [3.05, 3.63) is 46.5 Å². The van der Waals surface area contributed by atoms with Crippen LogP contribution >= 0.6 is 0 Å². The SMILES string of the molecule is Cc1cncn(CC2CCN(c3cc(C4CCC4)ncn3)CC2)c1=O. The summed E-state index contributed by atoms with van der Waals surface area (Å²) in [6, 6.07) is 2.18. The molecule has 4 rings (SSSR count). The van der Waals surface area contributed by atoms with Crippen LogP contribution in [0.5, 0.6) is 0 Å². The lowest BCUT2D eigenvalue weighted by molar-refractivity contribution is 0.349. The third-order valence-electron chi connectivity index (χ3n) is 5.66. The van der Waals surface area contributed by atoms with Gasteiger partial charge in [-0.15, -0.1) is 0 Å². The van der Waals surface area contributed by atoms with Crippen LogP contribution in [0.15, 0.2) is 29.7 Å². The maximum absolute atomic E-state index is 12.2. The van der Waals surface area contributed by atoms with Crippen LogP contribution in [0.1, 0.15) is 49.3 Å². The average Bonchev–Trinajstić information content (AvgIpc) is 2.58. The Balaban J connectivity index is 1.38. The maximum Gasteiger partial charge on any atom is 0.256 e. The molecule has 0 unspecified atom stereocenters. The smallest absolute Gasteiger partial charge is 0.256 e. The highest BCUT2D eigenvalue weighted by Gasteiger charge is 2.24. The summed E-state index contributed by atoms with van der Waals surface area (Å²) in [5.74, 6) is 2.22. The summed E-state index contributed by atoms with van der Waals surface area (Å²) in [6.07, 6.45) is 11.0. The summed E-state index contributed by atoms with van der Waals surface area (Å²) in [7, 11) is 0. The van der Waals surface area contributed by atoms with Crippen LogP contribution in [-0.4, -0.2) is 32.6 Å². The fraction of sp³-hybridized carbons (Fsp3) is 0.579. The zero-order chi connectivity index (χ0) is 17.2. The van der Waals surface area contributed by atoms with Crippen molar-refractivity contribution in [3.8, 4) is 0 Å². The van der Waals surface area contributed by atoms with Crippen LogP contribution in [0, 0.1) is 12.8 Å². The van der Waals surface area contributed by atoms with Crippen molar-refractivity contribution in [3.63, 3.8) is 0 Å². The summed E-state index contributed by atoms with van der Waals surface area (Å²) in [5, 5.41) is 0. The first-order chi connectivity index (χ1) is 12.2. The number of anilines is 1. The van der Waals surface area contributed by atoms with Gasteiger partial charge in [0, 0.05) is 49.1 Å². The van der Waals surface area contributed by atoms with Gasteiger partial charge in [-0.25, -0.2) is 15.0 Å². The number of aryl methyl sites for hydroxylation is 1. The zero-order valence-corrected chi connectivity index (χ0v) is 14.8. The minimum atomic E-state index is 0.0818. The van der Waals surface area contributed by atoms with Crippen LogP contribution in [0.25, 0.3) is 0 Å². The lowest BCUT2D eigenvalue weighted by Crippen LogP contribution is -2.37. The first-order valence-electron chi connectivity index (χ1n) is 9.28. The normalized spacial score (nSPS) is 19.0. The Kier molecular flexibility index (Phi) is 4.51. The molecule has 2 aromatic heterocycles. The van der Waals surface area contributed by atoms with Crippen molar-refractivity contribution in [2.24, 2.45) is 5.92 Å². The number of hydrogen-bond acceptors (Lipinski definition) is 5. The van der Waals surface area contributed by atoms with Gasteiger partial charge in [-0.3, -0.25) is 9.36 Å². The Hall–Kier alpha value is -2.24. The molecule has 2 aliphatic rings. The summed E-state index contributed by atoms with van der Waals surface area (Å²) in [6.45, 7) is 4.56. The predicted octanol–water partition coefficient (Wildman–Crippen LogP) is 2.53. The molecule has 1 saturated heterocycles. The molecule has 6 heteroatoms. The molecule has 2 aromatic rings. The van der Waals surface area contributed by atoms with Gasteiger partial charge < -0.3 is 4.90 Å². The molecule has 0 amide bonds. The van der Waals surface area contributed by atoms with E-state index in [1.54, 1.807) is 23.4 Å². The molecule has 1 aliphatic heterocycles. The standard InChI is InChI=1S/C19H25N5O/c1-14-10-20-13-24(19(14)25)11-15-5-7-23(8-6-15)18-9-17(21-12-22-18)16-3-2-4-16/h9-10,12-13,15-16H,2-8,11H2,1H3. The first kappa shape index (κ1) is 16.2. The van der Waals surface area contributed by atoms with Crippen molar-refractivity contribution in [2.45, 2.75) is 51.5 Å². The molecule has 0 aromatic carbocycles. The maximum atomic E-state index is 12.2. The monoisotopic (exact) mass is 339 g/mol. The quantitative estimate of drug-likeness (QED) is 0.856. The second kappa shape index (κ2) is 6.94. The first-order valence-corrected chi connectivity index (χ1v) is 9.28. The van der Waals surface area contributed by atoms with E-state index in [9.17, 15) is 4.79 Å². The number of rotatable bonds is 4. The van der Waals surface area contributed by atoms with Gasteiger partial charge >= 0.3 is 0 Å². The molecule has 0 radical (unpaired) electrons. The summed E-state index contributed by atoms with van der Waals surface area (Å²) >= 11 is 0. The Bertz CT molecular complexity index is 790. The van der Waals surface area contributed by atoms with Crippen molar-refractivity contribution in [1.29, 1.82) is 0 Å². The van der Waals surface area contributed by atoms with E-state index in [2.05, 4.69) is 25.9 Å². The minimum absolute atomic E-state index is 0.0818. The highest BCUT2D eigenvalue weighted by atomic mass is 16.1. The molecular formula is C19H25N5O. The van der Waals surface area contributed by atoms with E-state index in [0.717, 1.165) is 38.3 Å². The zero-order valence-electron chi connectivity index (χ0n) is 14.8. The topological polar surface area (TPSA) is 63.9 Å². The van der Waals surface area contributed by atoms with Gasteiger partial charge in [0.2, 0.25) is 0 Å². The molecule has 0 spiro atoms. The van der Waals surface area contributed by atoms with Crippen molar-refractivity contribution in [2.75, 3.05) is 18.0 Å². The van der Waals surface area contributed by atoms with Gasteiger partial charge in [-0.1, -0.05) is 6.42 Å². The van der Waals surface area contributed by atoms with Crippen LogP contribution in [-0.2, 0) is 6.54 Å². The summed E-state index contributed by atoms with van der Waals surface area (Å²) in [5.41, 5.74) is 2.00. The molecule has 25 heavy (non-hydrogen) atoms. The van der Waals surface area contributed by atoms with Gasteiger partial charge in [0.05, 0.1) is 6.33 Å². The minimum Gasteiger partial charge on any atom is -0.356 e. The molecule has 1 saturated carbocycles. The Morgan fingerprint density at radius 1 is 1.16 bits per heavy atom. The van der Waals surface area contributed by atoms with E-state index in [1.807, 2.05) is 6.92 Å². The molecule has 1 aliphatic carbocycles. The predicted molar refractivity (Wildman–Crippen MR) is 96.8 cm³/mol. The van der Waals surface area contributed by atoms with Crippen molar-refractivity contribution < 1.29 is 0 Å². The summed E-state index contributed by atoms with van der Waals surface area (Å²) in [4.78, 5) is 27.6. The van der Waals surface area contributed by atoms with Crippen LogP contribution in [0.3, 0.4) is 0 Å². The molecule has 0 atom stereocenters. The number of piperidine rings is 1. The Morgan fingerprint density at radius 3 is 2.68 bits per heavy atom. The fourth-order valence-electron chi connectivity index (χ4n) is 3.77. The largest absolute Gasteiger partial charge is 0.356 e. The molecular weight excluding hydrogens is 314 g/mol. The third kappa shape index (κ3) is 3.43. The van der Waals surface area contributed by atoms with Gasteiger partial charge in [0.15, 0.2) is 0 Å². The van der Waals surface area contributed by atoms with E-state index < -0.39 is 0 Å². The van der Waals surface area contributed by atoms with Crippen molar-refractivity contribution in [1.82, 2.24) is 19.5 Å². The Morgan fingerprint density at radius 2 is 1.96 bits per heavy atom. The van der Waals surface area contributed by atoms with Crippen molar-refractivity contribution >= 4 is 5.82 Å². The number of aromatic nitrogens is 4. The van der Waals surface area contributed by atoms with Crippen LogP contribution in [0.2, 0.25) is 0 Å². The number of hydrogen-bond donors (Lipinski definition) is 0. The summed E-state index contributed by atoms with van der Waals surface area (Å²) < 4.78 is 1.76. The fourth-order valence-corrected chi connectivity index (χ4v) is 3.77. The molecule has 6 nitrogen and oxygen atoms in total. The molecule has 132 valence electrons. The van der Waals surface area contributed by atoms with E-state index in [-0.39, 0.29) is 5.56 Å². The highest BCUT2D eigenvalue weighted by molar-refractivity contribution is 5.40. The molecule has 0 bridgehead atoms. The van der Waals surface area contributed by atoms with Crippen LogP contribution < -0.4 is 10.5 Å². The van der Waals surface area contributed by atoms with E-state index in [1.165, 1.54) is 25.0 Å². The van der Waals surface area contributed by atoms with E-state index in [0.29, 0.717) is 17.4 Å². The second-order valence-corrected chi connectivity index (χ2v) is 7.39. The van der Waals surface area contributed by atoms with Crippen LogP contribution in [0.4, 0.5) is 5.82 Å². The van der Waals surface area contributed by atoms with Gasteiger partial charge in [0.25, 0.3) is 5.56 Å². The highest BCUT2D eigenvalue weighted by Crippen LogP contribution is 2.36. The lowest BCUT2D eigenvalue weighted by atomic mass is 9.83. The Labute approximate surface area is 148 Å². The average molecular weight is 339 g/mol. The third-order valence-corrected chi connectivity index (χ3v) is 5.66. The van der Waals surface area contributed by atoms with E-state index in [4.69, 9.17) is 0 Å². The number of nitrogens with zero attached hydrogens (tertiary/aromatic N) is 5.